The van der Waals surface area contributed by atoms with E-state index in [4.69, 9.17) is 8.37 Å². The molecule has 0 bridgehead atoms. The van der Waals surface area contributed by atoms with E-state index in [0.717, 1.165) is 0 Å². The van der Waals surface area contributed by atoms with Gasteiger partial charge in [-0.15, -0.1) is 8.42 Å². The monoisotopic (exact) mass is 436 g/mol. The molecule has 11 heteroatoms. The summed E-state index contributed by atoms with van der Waals surface area (Å²) in [5.41, 5.74) is 1.47. The second kappa shape index (κ2) is 6.98. The molecule has 31 heavy (non-hydrogen) atoms. The Morgan fingerprint density at radius 2 is 1.03 bits per heavy atom. The predicted octanol–water partition coefficient (Wildman–Crippen LogP) is 0.0356. The molecule has 0 amide bonds. The fraction of sp³-hybridized carbons (Fsp3) is 0. The molecule has 4 aromatic rings. The quantitative estimate of drug-likeness (QED) is 0.324. The second-order valence-corrected chi connectivity index (χ2v) is 8.31. The van der Waals surface area contributed by atoms with Gasteiger partial charge >= 0.3 is 24.6 Å². The Labute approximate surface area is 177 Å². The molecular formula is C20H14B2O8S. The summed E-state index contributed by atoms with van der Waals surface area (Å²) in [6.07, 6.45) is 0. The van der Waals surface area contributed by atoms with Crippen LogP contribution < -0.4 is 19.3 Å². The lowest BCUT2D eigenvalue weighted by molar-refractivity contribution is 0.397. The van der Waals surface area contributed by atoms with Crippen LogP contribution in [0.5, 0.6) is 11.5 Å². The van der Waals surface area contributed by atoms with E-state index >= 15 is 0 Å². The van der Waals surface area contributed by atoms with E-state index in [-0.39, 0.29) is 22.4 Å². The summed E-state index contributed by atoms with van der Waals surface area (Å²) in [5.74, 6) is 0.115. The van der Waals surface area contributed by atoms with E-state index in [1.807, 2.05) is 0 Å². The minimum absolute atomic E-state index is 0.0577. The fourth-order valence-corrected chi connectivity index (χ4v) is 4.62. The molecule has 1 heterocycles. The van der Waals surface area contributed by atoms with Crippen molar-refractivity contribution in [2.24, 2.45) is 0 Å². The molecule has 4 N–H and O–H groups in total. The first-order valence-corrected chi connectivity index (χ1v) is 10.6. The third kappa shape index (κ3) is 3.32. The lowest BCUT2D eigenvalue weighted by atomic mass is 9.78. The van der Waals surface area contributed by atoms with Crippen LogP contribution in [0, 0.1) is 0 Å². The van der Waals surface area contributed by atoms with Gasteiger partial charge in [0.2, 0.25) is 0 Å². The summed E-state index contributed by atoms with van der Waals surface area (Å²) in [6.45, 7) is 0. The predicted molar refractivity (Wildman–Crippen MR) is 117 cm³/mol. The molecule has 1 aliphatic rings. The summed E-state index contributed by atoms with van der Waals surface area (Å²) in [6, 6.07) is 15.7. The van der Waals surface area contributed by atoms with Gasteiger partial charge in [-0.2, -0.15) is 0 Å². The number of hydrogen-bond acceptors (Lipinski definition) is 8. The minimum Gasteiger partial charge on any atom is -0.423 e. The van der Waals surface area contributed by atoms with E-state index in [1.54, 1.807) is 36.4 Å². The number of hydrogen-bond donors (Lipinski definition) is 4. The first-order chi connectivity index (χ1) is 14.7. The van der Waals surface area contributed by atoms with Crippen molar-refractivity contribution in [3.05, 3.63) is 60.7 Å². The van der Waals surface area contributed by atoms with Crippen molar-refractivity contribution in [2.45, 2.75) is 0 Å². The third-order valence-corrected chi connectivity index (χ3v) is 6.01. The summed E-state index contributed by atoms with van der Waals surface area (Å²) in [7, 11) is -7.69. The lowest BCUT2D eigenvalue weighted by Crippen LogP contribution is -2.29. The molecule has 0 unspecified atom stereocenters. The van der Waals surface area contributed by atoms with Gasteiger partial charge < -0.3 is 28.5 Å². The van der Waals surface area contributed by atoms with Crippen LogP contribution in [0.3, 0.4) is 0 Å². The van der Waals surface area contributed by atoms with Crippen molar-refractivity contribution >= 4 is 57.1 Å². The topological polar surface area (TPSA) is 134 Å². The van der Waals surface area contributed by atoms with Gasteiger partial charge in [0, 0.05) is 11.1 Å². The van der Waals surface area contributed by atoms with Crippen molar-refractivity contribution in [1.29, 1.82) is 0 Å². The summed E-state index contributed by atoms with van der Waals surface area (Å²) >= 11 is 0. The van der Waals surface area contributed by atoms with Crippen LogP contribution in [0.1, 0.15) is 0 Å². The van der Waals surface area contributed by atoms with Gasteiger partial charge in [0.1, 0.15) is 0 Å². The average molecular weight is 436 g/mol. The van der Waals surface area contributed by atoms with Crippen molar-refractivity contribution in [1.82, 2.24) is 0 Å². The van der Waals surface area contributed by atoms with E-state index in [0.29, 0.717) is 32.7 Å². The van der Waals surface area contributed by atoms with Crippen LogP contribution >= 0.6 is 0 Å². The standard InChI is InChI=1S/C20H14B2O8S/c23-21(24)13-3-5-15-11(9-13)1-7-17-19(15)20-16-6-4-14(22(25)26)10-12(16)2-8-18(20)30-31(27,28)29-17/h1-10,23-26H. The largest absolute Gasteiger partial charge is 0.501 e. The van der Waals surface area contributed by atoms with Crippen LogP contribution in [-0.4, -0.2) is 42.8 Å². The fourth-order valence-electron chi connectivity index (χ4n) is 3.87. The van der Waals surface area contributed by atoms with Crippen LogP contribution in [0.2, 0.25) is 0 Å². The number of rotatable bonds is 2. The van der Waals surface area contributed by atoms with Crippen molar-refractivity contribution in [3.8, 4) is 22.6 Å². The second-order valence-electron chi connectivity index (χ2n) is 7.16. The molecule has 154 valence electrons. The minimum atomic E-state index is -4.39. The Kier molecular flexibility index (Phi) is 4.47. The first-order valence-electron chi connectivity index (χ1n) is 9.23. The summed E-state index contributed by atoms with van der Waals surface area (Å²) in [5, 5.41) is 40.5. The Hall–Kier alpha value is -3.08. The molecule has 0 saturated heterocycles. The highest BCUT2D eigenvalue weighted by Gasteiger charge is 2.30. The van der Waals surface area contributed by atoms with Crippen LogP contribution in [0.15, 0.2) is 60.7 Å². The molecule has 0 aliphatic carbocycles. The zero-order valence-corrected chi connectivity index (χ0v) is 16.6. The smallest absolute Gasteiger partial charge is 0.423 e. The van der Waals surface area contributed by atoms with Crippen LogP contribution in [0.25, 0.3) is 32.7 Å². The normalized spacial score (nSPS) is 14.2. The Morgan fingerprint density at radius 1 is 0.613 bits per heavy atom. The highest BCUT2D eigenvalue weighted by Crippen LogP contribution is 2.47. The van der Waals surface area contributed by atoms with Gasteiger partial charge in [-0.1, -0.05) is 48.5 Å². The molecule has 0 spiro atoms. The van der Waals surface area contributed by atoms with Gasteiger partial charge in [-0.05, 0) is 44.6 Å². The van der Waals surface area contributed by atoms with E-state index in [2.05, 4.69) is 0 Å². The zero-order chi connectivity index (χ0) is 21.9. The van der Waals surface area contributed by atoms with Gasteiger partial charge in [0.25, 0.3) is 0 Å². The molecule has 0 atom stereocenters. The molecule has 8 nitrogen and oxygen atoms in total. The van der Waals surface area contributed by atoms with Gasteiger partial charge in [0.15, 0.2) is 11.5 Å². The first kappa shape index (κ1) is 19.9. The Bertz CT molecular complexity index is 1360. The molecular weight excluding hydrogens is 422 g/mol. The maximum absolute atomic E-state index is 12.4. The maximum Gasteiger partial charge on any atom is 0.501 e. The molecule has 0 saturated carbocycles. The highest BCUT2D eigenvalue weighted by molar-refractivity contribution is 7.82. The van der Waals surface area contributed by atoms with Crippen LogP contribution in [0.4, 0.5) is 0 Å². The Balaban J connectivity index is 1.91. The van der Waals surface area contributed by atoms with Crippen molar-refractivity contribution < 1.29 is 36.9 Å². The van der Waals surface area contributed by atoms with E-state index < -0.39 is 24.6 Å². The zero-order valence-electron chi connectivity index (χ0n) is 15.8. The third-order valence-electron chi connectivity index (χ3n) is 5.24. The molecule has 1 aliphatic heterocycles. The Morgan fingerprint density at radius 3 is 1.42 bits per heavy atom. The van der Waals surface area contributed by atoms with E-state index in [1.165, 1.54) is 24.3 Å². The van der Waals surface area contributed by atoms with Gasteiger partial charge in [-0.3, -0.25) is 0 Å². The summed E-state index contributed by atoms with van der Waals surface area (Å²) in [4.78, 5) is 0. The molecule has 0 fully saturated rings. The van der Waals surface area contributed by atoms with Crippen molar-refractivity contribution in [2.75, 3.05) is 0 Å². The molecule has 0 radical (unpaired) electrons. The van der Waals surface area contributed by atoms with Crippen LogP contribution in [-0.2, 0) is 10.4 Å². The SMILES string of the molecule is O=S1(=O)Oc2ccc3cc(B(O)O)ccc3c2-c2c(ccc3cc(B(O)O)ccc23)O1. The molecule has 5 rings (SSSR count). The van der Waals surface area contributed by atoms with Crippen molar-refractivity contribution in [3.63, 3.8) is 0 Å². The van der Waals surface area contributed by atoms with Gasteiger partial charge in [0.05, 0.1) is 0 Å². The summed E-state index contributed by atoms with van der Waals surface area (Å²) < 4.78 is 35.1. The number of benzene rings is 4. The molecule has 4 aromatic carbocycles. The number of fused-ring (bicyclic) bond motifs is 7. The van der Waals surface area contributed by atoms with E-state index in [9.17, 15) is 28.5 Å². The van der Waals surface area contributed by atoms with Gasteiger partial charge in [-0.25, -0.2) is 0 Å². The average Bonchev–Trinajstić information content (AvgIpc) is 2.84. The lowest BCUT2D eigenvalue weighted by Gasteiger charge is -2.14. The maximum atomic E-state index is 12.4. The highest BCUT2D eigenvalue weighted by atomic mass is 32.3. The molecule has 0 aromatic heterocycles.